The first-order valence-electron chi connectivity index (χ1n) is 5.02. The number of thioether (sulfide) groups is 1. The molecular formula is C14H14OS. The fourth-order valence-electron chi connectivity index (χ4n) is 1.15. The number of carbonyl (C=O) groups is 1. The van der Waals surface area contributed by atoms with Crippen LogP contribution in [-0.4, -0.2) is 5.78 Å². The molecule has 2 heteroatoms. The van der Waals surface area contributed by atoms with Crippen LogP contribution in [0.4, 0.5) is 0 Å². The smallest absolute Gasteiger partial charge is 0.242 e. The number of benzene rings is 1. The summed E-state index contributed by atoms with van der Waals surface area (Å²) in [5.74, 6) is 5.12. The molecule has 1 aromatic rings. The van der Waals surface area contributed by atoms with E-state index in [2.05, 4.69) is 11.8 Å². The minimum absolute atomic E-state index is 0.101. The Hall–Kier alpha value is -1.46. The lowest BCUT2D eigenvalue weighted by Gasteiger charge is -2.04. The Bertz CT molecular complexity index is 457. The van der Waals surface area contributed by atoms with Gasteiger partial charge in [-0.1, -0.05) is 41.5 Å². The van der Waals surface area contributed by atoms with Crippen molar-refractivity contribution in [2.75, 3.05) is 0 Å². The molecule has 0 atom stereocenters. The highest BCUT2D eigenvalue weighted by molar-refractivity contribution is 8.04. The van der Waals surface area contributed by atoms with Gasteiger partial charge in [0.15, 0.2) is 0 Å². The Kier molecular flexibility index (Phi) is 4.88. The van der Waals surface area contributed by atoms with Crippen molar-refractivity contribution in [3.05, 3.63) is 40.8 Å². The van der Waals surface area contributed by atoms with Crippen molar-refractivity contribution in [1.82, 2.24) is 0 Å². The second kappa shape index (κ2) is 6.19. The van der Waals surface area contributed by atoms with Crippen LogP contribution in [-0.2, 0) is 4.79 Å². The van der Waals surface area contributed by atoms with E-state index in [-0.39, 0.29) is 5.78 Å². The fraction of sp³-hybridized carbons (Fsp3) is 0.214. The molecule has 0 aliphatic heterocycles. The Morgan fingerprint density at radius 3 is 2.31 bits per heavy atom. The van der Waals surface area contributed by atoms with E-state index >= 15 is 0 Å². The summed E-state index contributed by atoms with van der Waals surface area (Å²) in [7, 11) is 0. The van der Waals surface area contributed by atoms with Crippen molar-refractivity contribution >= 4 is 17.5 Å². The highest BCUT2D eigenvalue weighted by Crippen LogP contribution is 2.29. The number of rotatable bonds is 3. The van der Waals surface area contributed by atoms with Crippen LogP contribution in [0.3, 0.4) is 0 Å². The summed E-state index contributed by atoms with van der Waals surface area (Å²) in [6.07, 6.45) is 0. The molecule has 0 heterocycles. The van der Waals surface area contributed by atoms with Gasteiger partial charge >= 0.3 is 0 Å². The molecule has 0 amide bonds. The van der Waals surface area contributed by atoms with Gasteiger partial charge < -0.3 is 0 Å². The molecule has 0 aliphatic rings. The number of allylic oxidation sites excluding steroid dienone is 2. The van der Waals surface area contributed by atoms with E-state index < -0.39 is 0 Å². The molecule has 0 spiro atoms. The maximum atomic E-state index is 11.7. The molecule has 1 aromatic carbocycles. The number of ketones is 1. The van der Waals surface area contributed by atoms with Crippen LogP contribution in [0.1, 0.15) is 20.8 Å². The summed E-state index contributed by atoms with van der Waals surface area (Å²) in [6, 6.07) is 9.85. The fourth-order valence-corrected chi connectivity index (χ4v) is 2.03. The lowest BCUT2D eigenvalue weighted by Crippen LogP contribution is -1.97. The SMILES string of the molecule is CC#CC(=O)C(Sc1ccccc1)=C(C)C. The van der Waals surface area contributed by atoms with Crippen LogP contribution >= 0.6 is 11.8 Å². The van der Waals surface area contributed by atoms with E-state index in [9.17, 15) is 4.79 Å². The zero-order chi connectivity index (χ0) is 12.0. The number of hydrogen-bond donors (Lipinski definition) is 0. The molecule has 0 unspecified atom stereocenters. The predicted molar refractivity (Wildman–Crippen MR) is 69.1 cm³/mol. The predicted octanol–water partition coefficient (Wildman–Crippen LogP) is 3.67. The van der Waals surface area contributed by atoms with E-state index in [1.807, 2.05) is 44.2 Å². The minimum Gasteiger partial charge on any atom is -0.279 e. The molecule has 0 aromatic heterocycles. The summed E-state index contributed by atoms with van der Waals surface area (Å²) in [4.78, 5) is 13.5. The summed E-state index contributed by atoms with van der Waals surface area (Å²) in [5.41, 5.74) is 1.00. The summed E-state index contributed by atoms with van der Waals surface area (Å²) < 4.78 is 0. The van der Waals surface area contributed by atoms with Gasteiger partial charge in [-0.15, -0.1) is 0 Å². The Morgan fingerprint density at radius 1 is 1.19 bits per heavy atom. The van der Waals surface area contributed by atoms with Crippen LogP contribution < -0.4 is 0 Å². The first kappa shape index (κ1) is 12.6. The third kappa shape index (κ3) is 3.60. The average Bonchev–Trinajstić information content (AvgIpc) is 2.27. The van der Waals surface area contributed by atoms with Gasteiger partial charge in [-0.2, -0.15) is 0 Å². The first-order valence-corrected chi connectivity index (χ1v) is 5.84. The monoisotopic (exact) mass is 230 g/mol. The molecule has 0 N–H and O–H groups in total. The quantitative estimate of drug-likeness (QED) is 0.341. The highest BCUT2D eigenvalue weighted by atomic mass is 32.2. The molecule has 0 saturated heterocycles. The van der Waals surface area contributed by atoms with Crippen molar-refractivity contribution in [3.63, 3.8) is 0 Å². The zero-order valence-electron chi connectivity index (χ0n) is 9.70. The van der Waals surface area contributed by atoms with Crippen molar-refractivity contribution in [2.24, 2.45) is 0 Å². The maximum Gasteiger partial charge on any atom is 0.242 e. The van der Waals surface area contributed by atoms with Gasteiger partial charge in [0.25, 0.3) is 0 Å². The minimum atomic E-state index is -0.101. The van der Waals surface area contributed by atoms with Gasteiger partial charge in [0.2, 0.25) is 5.78 Å². The van der Waals surface area contributed by atoms with Gasteiger partial charge in [-0.3, -0.25) is 4.79 Å². The normalized spacial score (nSPS) is 8.94. The molecule has 0 fully saturated rings. The molecular weight excluding hydrogens is 216 g/mol. The van der Waals surface area contributed by atoms with Gasteiger partial charge in [0.1, 0.15) is 0 Å². The van der Waals surface area contributed by atoms with Crippen LogP contribution in [0, 0.1) is 11.8 Å². The molecule has 0 saturated carbocycles. The van der Waals surface area contributed by atoms with Crippen LogP contribution in [0.15, 0.2) is 45.7 Å². The topological polar surface area (TPSA) is 17.1 Å². The van der Waals surface area contributed by atoms with Crippen LogP contribution in [0.2, 0.25) is 0 Å². The second-order valence-corrected chi connectivity index (χ2v) is 4.53. The van der Waals surface area contributed by atoms with E-state index in [0.29, 0.717) is 0 Å². The number of Topliss-reactive ketones (excluding diaryl/α,β-unsaturated/α-hetero) is 1. The van der Waals surface area contributed by atoms with Gasteiger partial charge in [0.05, 0.1) is 4.91 Å². The van der Waals surface area contributed by atoms with Gasteiger partial charge in [-0.05, 0) is 38.8 Å². The number of carbonyl (C=O) groups excluding carboxylic acids is 1. The van der Waals surface area contributed by atoms with Crippen molar-refractivity contribution < 1.29 is 4.79 Å². The van der Waals surface area contributed by atoms with Gasteiger partial charge in [-0.25, -0.2) is 0 Å². The van der Waals surface area contributed by atoms with Gasteiger partial charge in [0, 0.05) is 4.90 Å². The van der Waals surface area contributed by atoms with Crippen LogP contribution in [0.25, 0.3) is 0 Å². The van der Waals surface area contributed by atoms with Crippen molar-refractivity contribution in [3.8, 4) is 11.8 Å². The molecule has 82 valence electrons. The third-order valence-corrected chi connectivity index (χ3v) is 3.17. The maximum absolute atomic E-state index is 11.7. The lowest BCUT2D eigenvalue weighted by atomic mass is 10.2. The third-order valence-electron chi connectivity index (χ3n) is 1.86. The van der Waals surface area contributed by atoms with Crippen molar-refractivity contribution in [2.45, 2.75) is 25.7 Å². The molecule has 1 rings (SSSR count). The van der Waals surface area contributed by atoms with E-state index in [0.717, 1.165) is 15.4 Å². The summed E-state index contributed by atoms with van der Waals surface area (Å²) in [6.45, 7) is 5.54. The van der Waals surface area contributed by atoms with E-state index in [1.54, 1.807) is 6.92 Å². The Balaban J connectivity index is 2.94. The van der Waals surface area contributed by atoms with E-state index in [4.69, 9.17) is 0 Å². The first-order chi connectivity index (χ1) is 7.65. The highest BCUT2D eigenvalue weighted by Gasteiger charge is 2.10. The zero-order valence-corrected chi connectivity index (χ0v) is 10.5. The molecule has 0 radical (unpaired) electrons. The summed E-state index contributed by atoms with van der Waals surface area (Å²) in [5, 5.41) is 0. The molecule has 0 aliphatic carbocycles. The molecule has 1 nitrogen and oxygen atoms in total. The van der Waals surface area contributed by atoms with Crippen molar-refractivity contribution in [1.29, 1.82) is 0 Å². The standard InChI is InChI=1S/C14H14OS/c1-4-8-13(15)14(11(2)3)16-12-9-6-5-7-10-12/h5-7,9-10H,1-3H3. The second-order valence-electron chi connectivity index (χ2n) is 3.45. The largest absolute Gasteiger partial charge is 0.279 e. The lowest BCUT2D eigenvalue weighted by molar-refractivity contribution is -0.110. The molecule has 16 heavy (non-hydrogen) atoms. The number of hydrogen-bond acceptors (Lipinski definition) is 2. The molecule has 0 bridgehead atoms. The van der Waals surface area contributed by atoms with E-state index in [1.165, 1.54) is 11.8 Å². The summed E-state index contributed by atoms with van der Waals surface area (Å²) >= 11 is 1.47. The average molecular weight is 230 g/mol. The Morgan fingerprint density at radius 2 is 1.81 bits per heavy atom. The Labute approximate surface area is 101 Å². The van der Waals surface area contributed by atoms with Crippen LogP contribution in [0.5, 0.6) is 0 Å².